The molecule has 162 valence electrons. The molecule has 12 heteroatoms. The van der Waals surface area contributed by atoms with Crippen molar-refractivity contribution in [3.8, 4) is 0 Å². The summed E-state index contributed by atoms with van der Waals surface area (Å²) in [6.07, 6.45) is 3.20. The number of esters is 1. The van der Waals surface area contributed by atoms with Gasteiger partial charge in [-0.25, -0.2) is 18.1 Å². The lowest BCUT2D eigenvalue weighted by Gasteiger charge is -2.25. The van der Waals surface area contributed by atoms with E-state index in [9.17, 15) is 18.0 Å². The van der Waals surface area contributed by atoms with Crippen LogP contribution < -0.4 is 4.90 Å². The summed E-state index contributed by atoms with van der Waals surface area (Å²) in [6.45, 7) is 4.67. The quantitative estimate of drug-likeness (QED) is 0.466. The molecular weight excluding hydrogens is 418 g/mol. The maximum atomic E-state index is 12.9. The number of urea groups is 1. The van der Waals surface area contributed by atoms with Gasteiger partial charge < -0.3 is 9.64 Å². The Balaban J connectivity index is 1.89. The lowest BCUT2D eigenvalue weighted by Crippen LogP contribution is -2.40. The number of hydrogen-bond donors (Lipinski definition) is 0. The molecule has 0 aromatic carbocycles. The zero-order valence-corrected chi connectivity index (χ0v) is 18.5. The van der Waals surface area contributed by atoms with Crippen LogP contribution in [-0.4, -0.2) is 72.2 Å². The summed E-state index contributed by atoms with van der Waals surface area (Å²) >= 11 is 0.829. The van der Waals surface area contributed by atoms with Crippen molar-refractivity contribution in [2.24, 2.45) is 0 Å². The number of amides is 2. The number of nitrogens with zero attached hydrogens (tertiary/aromatic N) is 5. The third-order valence-electron chi connectivity index (χ3n) is 5.19. The number of aromatic nitrogens is 2. The molecule has 0 N–H and O–H groups in total. The predicted molar refractivity (Wildman–Crippen MR) is 107 cm³/mol. The number of carbonyl (C=O) groups excluding carboxylic acids is 2. The van der Waals surface area contributed by atoms with Crippen molar-refractivity contribution in [3.63, 3.8) is 0 Å². The fourth-order valence-corrected chi connectivity index (χ4v) is 6.26. The second-order valence-electron chi connectivity index (χ2n) is 7.18. The van der Waals surface area contributed by atoms with Crippen LogP contribution in [0, 0.1) is 0 Å². The molecule has 2 unspecified atom stereocenters. The fourth-order valence-electron chi connectivity index (χ4n) is 3.60. The van der Waals surface area contributed by atoms with E-state index >= 15 is 0 Å². The molecule has 2 atom stereocenters. The lowest BCUT2D eigenvalue weighted by molar-refractivity contribution is -0.150. The molecule has 2 saturated heterocycles. The predicted octanol–water partition coefficient (Wildman–Crippen LogP) is 2.03. The van der Waals surface area contributed by atoms with E-state index in [2.05, 4.69) is 10.2 Å². The summed E-state index contributed by atoms with van der Waals surface area (Å²) in [5.41, 5.74) is 0. The molecule has 2 fully saturated rings. The summed E-state index contributed by atoms with van der Waals surface area (Å²) < 4.78 is 32.6. The molecular formula is C17H27N5O5S2. The van der Waals surface area contributed by atoms with Gasteiger partial charge >= 0.3 is 12.0 Å². The molecule has 1 aromatic heterocycles. The lowest BCUT2D eigenvalue weighted by atomic mass is 10.2. The number of sulfonamides is 1. The van der Waals surface area contributed by atoms with E-state index in [0.717, 1.165) is 30.6 Å². The highest BCUT2D eigenvalue weighted by molar-refractivity contribution is 7.91. The number of rotatable bonds is 7. The number of hydrogen-bond acceptors (Lipinski definition) is 8. The van der Waals surface area contributed by atoms with Gasteiger partial charge in [0.15, 0.2) is 0 Å². The number of anilines is 1. The van der Waals surface area contributed by atoms with Gasteiger partial charge in [0.1, 0.15) is 0 Å². The number of piperidine rings is 1. The van der Waals surface area contributed by atoms with Gasteiger partial charge in [-0.15, -0.1) is 10.2 Å². The van der Waals surface area contributed by atoms with Crippen LogP contribution in [0.15, 0.2) is 4.34 Å². The summed E-state index contributed by atoms with van der Waals surface area (Å²) in [7, 11) is -2.12. The SMILES string of the molecule is CCCC(=O)OC1C(CC)N(C)C(=O)N1c1nnc(S(=O)(=O)N2CCCCC2)s1. The van der Waals surface area contributed by atoms with E-state index in [1.54, 1.807) is 7.05 Å². The van der Waals surface area contributed by atoms with Crippen LogP contribution in [0.3, 0.4) is 0 Å². The van der Waals surface area contributed by atoms with Crippen LogP contribution in [0.5, 0.6) is 0 Å². The molecule has 3 heterocycles. The van der Waals surface area contributed by atoms with Gasteiger partial charge in [0.05, 0.1) is 6.04 Å². The molecule has 2 aliphatic rings. The fraction of sp³-hybridized carbons (Fsp3) is 0.765. The Labute approximate surface area is 174 Å². The Kier molecular flexibility index (Phi) is 6.74. The molecule has 29 heavy (non-hydrogen) atoms. The topological polar surface area (TPSA) is 113 Å². The van der Waals surface area contributed by atoms with E-state index < -0.39 is 28.3 Å². The molecule has 0 saturated carbocycles. The van der Waals surface area contributed by atoms with Gasteiger partial charge in [-0.05, 0) is 25.7 Å². The van der Waals surface area contributed by atoms with Crippen LogP contribution in [0.2, 0.25) is 0 Å². The zero-order chi connectivity index (χ0) is 21.2. The highest BCUT2D eigenvalue weighted by atomic mass is 32.2. The third-order valence-corrected chi connectivity index (χ3v) is 8.36. The van der Waals surface area contributed by atoms with Crippen molar-refractivity contribution >= 4 is 38.5 Å². The van der Waals surface area contributed by atoms with E-state index in [4.69, 9.17) is 4.74 Å². The summed E-state index contributed by atoms with van der Waals surface area (Å²) in [6, 6.07) is -0.751. The van der Waals surface area contributed by atoms with E-state index in [-0.39, 0.29) is 21.9 Å². The Morgan fingerprint density at radius 1 is 1.21 bits per heavy atom. The second kappa shape index (κ2) is 8.92. The minimum Gasteiger partial charge on any atom is -0.439 e. The first-order valence-electron chi connectivity index (χ1n) is 9.90. The molecule has 2 aliphatic heterocycles. The third kappa shape index (κ3) is 4.24. The maximum Gasteiger partial charge on any atom is 0.329 e. The smallest absolute Gasteiger partial charge is 0.329 e. The van der Waals surface area contributed by atoms with Crippen molar-refractivity contribution < 1.29 is 22.7 Å². The van der Waals surface area contributed by atoms with E-state index in [1.807, 2.05) is 13.8 Å². The van der Waals surface area contributed by atoms with E-state index in [1.165, 1.54) is 14.1 Å². The molecule has 2 amide bonds. The Morgan fingerprint density at radius 2 is 1.90 bits per heavy atom. The zero-order valence-electron chi connectivity index (χ0n) is 16.9. The van der Waals surface area contributed by atoms with Crippen LogP contribution >= 0.6 is 11.3 Å². The standard InChI is InChI=1S/C17H27N5O5S2/c1-4-9-13(23)27-14-12(5-2)20(3)17(24)22(14)15-18-19-16(28-15)29(25,26)21-10-7-6-8-11-21/h12,14H,4-11H2,1-3H3. The van der Waals surface area contributed by atoms with Crippen molar-refractivity contribution in [3.05, 3.63) is 0 Å². The highest BCUT2D eigenvalue weighted by Gasteiger charge is 2.48. The Hall–Kier alpha value is -1.79. The molecule has 0 spiro atoms. The normalized spacial score (nSPS) is 23.6. The summed E-state index contributed by atoms with van der Waals surface area (Å²) in [5, 5.41) is 7.93. The van der Waals surface area contributed by atoms with Gasteiger partial charge in [0.2, 0.25) is 15.7 Å². The molecule has 0 aliphatic carbocycles. The van der Waals surface area contributed by atoms with Crippen LogP contribution in [0.1, 0.15) is 52.4 Å². The first kappa shape index (κ1) is 21.9. The highest BCUT2D eigenvalue weighted by Crippen LogP contribution is 2.35. The van der Waals surface area contributed by atoms with Gasteiger partial charge in [-0.3, -0.25) is 4.79 Å². The molecule has 0 bridgehead atoms. The minimum atomic E-state index is -3.75. The molecule has 0 radical (unpaired) electrons. The largest absolute Gasteiger partial charge is 0.439 e. The van der Waals surface area contributed by atoms with Crippen LogP contribution in [-0.2, 0) is 19.6 Å². The van der Waals surface area contributed by atoms with Gasteiger partial charge in [0.25, 0.3) is 10.0 Å². The first-order valence-corrected chi connectivity index (χ1v) is 12.2. The van der Waals surface area contributed by atoms with Gasteiger partial charge in [-0.1, -0.05) is 31.6 Å². The van der Waals surface area contributed by atoms with Crippen LogP contribution in [0.4, 0.5) is 9.93 Å². The van der Waals surface area contributed by atoms with Crippen molar-refractivity contribution in [2.45, 2.75) is 69.0 Å². The monoisotopic (exact) mass is 445 g/mol. The second-order valence-corrected chi connectivity index (χ2v) is 10.3. The first-order chi connectivity index (χ1) is 13.8. The molecule has 3 rings (SSSR count). The molecule has 1 aromatic rings. The average molecular weight is 446 g/mol. The number of carbonyl (C=O) groups is 2. The minimum absolute atomic E-state index is 0.114. The maximum absolute atomic E-state index is 12.9. The summed E-state index contributed by atoms with van der Waals surface area (Å²) in [5.74, 6) is -0.408. The molecule has 10 nitrogen and oxygen atoms in total. The van der Waals surface area contributed by atoms with Gasteiger partial charge in [-0.2, -0.15) is 4.31 Å². The Bertz CT molecular complexity index is 852. The van der Waals surface area contributed by atoms with Crippen LogP contribution in [0.25, 0.3) is 0 Å². The number of ether oxygens (including phenoxy) is 1. The number of likely N-dealkylation sites (N-methyl/N-ethyl adjacent to an activating group) is 1. The van der Waals surface area contributed by atoms with Crippen molar-refractivity contribution in [1.29, 1.82) is 0 Å². The van der Waals surface area contributed by atoms with Crippen molar-refractivity contribution in [2.75, 3.05) is 25.0 Å². The Morgan fingerprint density at radius 3 is 2.52 bits per heavy atom. The average Bonchev–Trinajstić information content (AvgIpc) is 3.27. The van der Waals surface area contributed by atoms with E-state index in [0.29, 0.717) is 25.9 Å². The van der Waals surface area contributed by atoms with Gasteiger partial charge in [0, 0.05) is 26.6 Å². The summed E-state index contributed by atoms with van der Waals surface area (Å²) in [4.78, 5) is 27.7. The van der Waals surface area contributed by atoms with Crippen molar-refractivity contribution in [1.82, 2.24) is 19.4 Å².